The molecule has 133 heavy (non-hydrogen) atoms. The predicted octanol–water partition coefficient (Wildman–Crippen LogP) is 23.8. The number of aliphatic hydroxyl groups is 6. The average molecular weight is 1910 g/mol. The number of aliphatic hydroxyl groups excluding tert-OH is 2. The van der Waals surface area contributed by atoms with Gasteiger partial charge in [0.15, 0.2) is 0 Å². The summed E-state index contributed by atoms with van der Waals surface area (Å²) in [5, 5.41) is 81.6. The lowest BCUT2D eigenvalue weighted by atomic mass is 9.86. The molecule has 0 fully saturated rings. The van der Waals surface area contributed by atoms with Crippen LogP contribution in [0.1, 0.15) is 377 Å². The van der Waals surface area contributed by atoms with Gasteiger partial charge in [0.1, 0.15) is 28.2 Å². The minimum absolute atomic E-state index is 0. The molecular weight excluding hydrogens is 1720 g/mol. The molecule has 15 N–H and O–H groups in total. The number of amides is 4. The molecule has 1 heterocycles. The number of halogens is 2. The largest absolute Gasteiger partial charge is 0.444 e. The lowest BCUT2D eigenvalue weighted by Crippen LogP contribution is -2.40. The second-order valence-electron chi connectivity index (χ2n) is 37.6. The molecule has 1 aromatic heterocycles. The summed E-state index contributed by atoms with van der Waals surface area (Å²) < 4.78 is 22.0. The van der Waals surface area contributed by atoms with Crippen LogP contribution in [0.15, 0.2) is 132 Å². The molecule has 0 atom stereocenters. The molecule has 5 aromatic rings. The Morgan fingerprint density at radius 2 is 0.737 bits per heavy atom. The Balaban J connectivity index is -0.000000509. The molecule has 0 aliphatic heterocycles. The maximum atomic E-state index is 12.3. The van der Waals surface area contributed by atoms with Gasteiger partial charge in [-0.3, -0.25) is 16.0 Å². The Morgan fingerprint density at radius 3 is 1.03 bits per heavy atom. The van der Waals surface area contributed by atoms with Gasteiger partial charge >= 0.3 is 24.4 Å². The number of nitrogens with zero attached hydrogens (tertiary/aromatic N) is 5. The summed E-state index contributed by atoms with van der Waals surface area (Å²) in [6.45, 7) is 44.7. The second kappa shape index (κ2) is 76.0. The zero-order valence-electron chi connectivity index (χ0n) is 86.2. The lowest BCUT2D eigenvalue weighted by molar-refractivity contribution is 0.0127. The summed E-state index contributed by atoms with van der Waals surface area (Å²) >= 11 is 0. The maximum absolute atomic E-state index is 12.3. The van der Waals surface area contributed by atoms with Crippen molar-refractivity contribution in [2.45, 2.75) is 422 Å². The first-order valence-corrected chi connectivity index (χ1v) is 48.4. The first kappa shape index (κ1) is 133. The summed E-state index contributed by atoms with van der Waals surface area (Å²) in [4.78, 5) is 55.8. The fraction of sp³-hybridized carbons (Fsp3) is 0.651. The van der Waals surface area contributed by atoms with Crippen molar-refractivity contribution >= 4 is 72.9 Å². The quantitative estimate of drug-likeness (QED) is 0.00746. The number of carbonyl (C=O) groups excluding carboxylic acids is 4. The standard InChI is InChI=1S/C30H50N2O5.C20H34N2O.C18H31NO.C18H29NO.C14H22N4O4.C2H3N.2C2H6O.2ClH/c1-9-19-30(35,20-10-2)21-18-24-16-13-15-23(22-24)14-11-12-17-25(31-26(33)36-28(3,4)5)32-27(34)37-29(6,7)8;1-3-13-20(23,14-4-2)15-12-18-10-7-9-17(16-18)8-5-6-11-19(21)22;2*1-3-11-18(20,12-4-2)13-10-17-8-5-7-16(15-17)9-6-14-19;1-13(2,3)21-11(19)16-10(18-9-7-8-15-18)17-12(20)22-14(4,5)6;3*1-2-3;;/h13,15-16,22,35H,9-12,14,17-21H2,1-8H3,(H,31,32,33,34);7,9-10,16,23H,3-6,8,11-15H2,1-2H3,(H3,21,22);5,7-8,15,20H,3-4,6,9-14,19H2,1-2H3;5-9,15,20H,3-4,10-14,19H2,1-2H3;7-9H,1-6H3,(H,16,17,19,20);1H3;2*3H,2H2,1H3;2*1H/b;;;9-6+;;;;;;. The number of nitrogens with two attached hydrogens (primary N) is 3. The molecule has 25 nitrogen and oxygen atoms in total. The number of rotatable bonds is 43. The van der Waals surface area contributed by atoms with Crippen LogP contribution in [0, 0.1) is 16.7 Å². The molecule has 0 spiro atoms. The normalized spacial score (nSPS) is 11.6. The molecule has 4 amide bonds. The Kier molecular flexibility index (Phi) is 76.2. The number of aliphatic imine (C=N–C) groups is 2. The van der Waals surface area contributed by atoms with Gasteiger partial charge in [-0.2, -0.15) is 15.4 Å². The van der Waals surface area contributed by atoms with Crippen LogP contribution in [-0.4, -0.2) is 154 Å². The van der Waals surface area contributed by atoms with Crippen LogP contribution in [0.5, 0.6) is 0 Å². The van der Waals surface area contributed by atoms with E-state index in [2.05, 4.69) is 178 Å². The molecule has 0 saturated heterocycles. The van der Waals surface area contributed by atoms with Crippen LogP contribution in [-0.2, 0) is 63.9 Å². The lowest BCUT2D eigenvalue weighted by Gasteiger charge is -2.27. The highest BCUT2D eigenvalue weighted by Crippen LogP contribution is 2.31. The van der Waals surface area contributed by atoms with Gasteiger partial charge in [0.2, 0.25) is 5.96 Å². The molecule has 4 aromatic carbocycles. The first-order valence-electron chi connectivity index (χ1n) is 48.4. The van der Waals surface area contributed by atoms with E-state index in [1.807, 2.05) is 12.2 Å². The number of hydrogen-bond donors (Lipinski definition) is 12. The van der Waals surface area contributed by atoms with E-state index in [1.165, 1.54) is 68.5 Å². The molecule has 0 saturated carbocycles. The van der Waals surface area contributed by atoms with Crippen molar-refractivity contribution < 1.29 is 68.8 Å². The van der Waals surface area contributed by atoms with Crippen molar-refractivity contribution in [3.8, 4) is 6.07 Å². The molecule has 27 heteroatoms. The van der Waals surface area contributed by atoms with Gasteiger partial charge in [0.25, 0.3) is 0 Å². The third-order valence-corrected chi connectivity index (χ3v) is 19.8. The van der Waals surface area contributed by atoms with Crippen molar-refractivity contribution in [2.24, 2.45) is 27.2 Å². The van der Waals surface area contributed by atoms with Crippen LogP contribution in [0.4, 0.5) is 19.2 Å². The van der Waals surface area contributed by atoms with Gasteiger partial charge in [0.05, 0.1) is 34.3 Å². The summed E-state index contributed by atoms with van der Waals surface area (Å²) in [5.41, 5.74) is 22.0. The number of benzene rings is 4. The van der Waals surface area contributed by atoms with E-state index in [-0.39, 0.29) is 55.7 Å². The van der Waals surface area contributed by atoms with E-state index < -0.39 is 69.2 Å². The topological polar surface area (TPSA) is 419 Å². The number of nitrogens with one attached hydrogen (secondary N) is 3. The summed E-state index contributed by atoms with van der Waals surface area (Å²) in [7, 11) is 0. The second-order valence-corrected chi connectivity index (χ2v) is 37.6. The number of alkyl carbamates (subject to hydrolysis) is 2. The number of amidine groups is 2. The van der Waals surface area contributed by atoms with Crippen LogP contribution < -0.4 is 27.8 Å². The smallest absolute Gasteiger partial charge is 0.437 e. The highest BCUT2D eigenvalue weighted by atomic mass is 35.5. The van der Waals surface area contributed by atoms with Gasteiger partial charge in [-0.15, -0.1) is 29.8 Å². The van der Waals surface area contributed by atoms with Gasteiger partial charge in [-0.1, -0.05) is 216 Å². The molecule has 0 unspecified atom stereocenters. The Labute approximate surface area is 816 Å². The summed E-state index contributed by atoms with van der Waals surface area (Å²) in [6, 6.07) is 37.8. The van der Waals surface area contributed by atoms with Gasteiger partial charge in [-0.25, -0.2) is 23.9 Å². The van der Waals surface area contributed by atoms with Gasteiger partial charge in [-0.05, 0) is 308 Å². The average Bonchev–Trinajstić information content (AvgIpc) is 1.84. The summed E-state index contributed by atoms with van der Waals surface area (Å²) in [6.07, 6.45) is 35.1. The number of aromatic nitrogens is 2. The highest BCUT2D eigenvalue weighted by molar-refractivity contribution is 6.00. The zero-order chi connectivity index (χ0) is 100. The van der Waals surface area contributed by atoms with Crippen molar-refractivity contribution in [1.29, 1.82) is 10.7 Å². The molecular formula is C106H183Cl2N11O14. The van der Waals surface area contributed by atoms with E-state index in [4.69, 9.17) is 57.0 Å². The predicted molar refractivity (Wildman–Crippen MR) is 556 cm³/mol. The molecule has 760 valence electrons. The van der Waals surface area contributed by atoms with E-state index in [0.717, 1.165) is 212 Å². The number of aryl methyl sites for hydroxylation is 7. The first-order chi connectivity index (χ1) is 61.6. The minimum atomic E-state index is -0.839. The maximum Gasteiger partial charge on any atom is 0.437 e. The minimum Gasteiger partial charge on any atom is -0.444 e. The van der Waals surface area contributed by atoms with E-state index >= 15 is 0 Å². The molecule has 0 radical (unpaired) electrons. The number of carbonyl (C=O) groups is 4. The Bertz CT molecular complexity index is 3950. The van der Waals surface area contributed by atoms with Gasteiger partial charge < -0.3 is 66.8 Å². The van der Waals surface area contributed by atoms with Crippen molar-refractivity contribution in [3.05, 3.63) is 166 Å². The SMILES string of the molecule is CC#N.CC(C)(C)OC(=O)N=C(NC(=O)OC(C)(C)C)n1cccn1.CCCC(O)(CCC)CCc1cccc(/C=C/CN)c1.CCCC(O)(CCC)CCc1cccc(CCCCC(=N)N)c1.CCCC(O)(CCC)CCc1cccc(CCCCC(=NC(=O)OC(C)(C)C)NC(=O)OC(C)(C)C)c1.CCCC(O)(CCC)CCc1cccc(CCCN)c1.CCO.CCO.Cl.Cl. The zero-order valence-corrected chi connectivity index (χ0v) is 87.9. The Morgan fingerprint density at radius 1 is 0.444 bits per heavy atom. The van der Waals surface area contributed by atoms with E-state index in [9.17, 15) is 39.6 Å². The van der Waals surface area contributed by atoms with Crippen molar-refractivity contribution in [1.82, 2.24) is 20.4 Å². The number of ether oxygens (including phenoxy) is 4. The van der Waals surface area contributed by atoms with Crippen molar-refractivity contribution in [3.63, 3.8) is 0 Å². The van der Waals surface area contributed by atoms with Crippen LogP contribution in [0.2, 0.25) is 0 Å². The van der Waals surface area contributed by atoms with E-state index in [0.29, 0.717) is 19.4 Å². The highest BCUT2D eigenvalue weighted by Gasteiger charge is 2.29. The number of unbranched alkanes of at least 4 members (excludes halogenated alkanes) is 2. The van der Waals surface area contributed by atoms with Crippen LogP contribution in [0.3, 0.4) is 0 Å². The van der Waals surface area contributed by atoms with E-state index in [1.54, 1.807) is 109 Å². The van der Waals surface area contributed by atoms with Crippen LogP contribution >= 0.6 is 24.8 Å². The third-order valence-electron chi connectivity index (χ3n) is 19.8. The molecule has 0 aliphatic rings. The van der Waals surface area contributed by atoms with Crippen molar-refractivity contribution in [2.75, 3.05) is 26.3 Å². The molecule has 0 aliphatic carbocycles. The Hall–Kier alpha value is -8.13. The summed E-state index contributed by atoms with van der Waals surface area (Å²) in [5.74, 6) is 0.418. The van der Waals surface area contributed by atoms with Gasteiger partial charge in [0, 0.05) is 51.9 Å². The third kappa shape index (κ3) is 74.8. The molecule has 0 bridgehead atoms. The number of nitriles is 1. The fourth-order valence-electron chi connectivity index (χ4n) is 14.4. The van der Waals surface area contributed by atoms with Crippen LogP contribution in [0.25, 0.3) is 6.08 Å². The monoisotopic (exact) mass is 1900 g/mol. The molecule has 5 rings (SSSR count). The fourth-order valence-corrected chi connectivity index (χ4v) is 14.4. The number of hydrogen-bond acceptors (Lipinski definition) is 19.